The summed E-state index contributed by atoms with van der Waals surface area (Å²) in [7, 11) is 0. The molecule has 0 atom stereocenters. The number of allylic oxidation sites excluding steroid dienone is 2. The molecule has 0 spiro atoms. The first kappa shape index (κ1) is 14.7. The van der Waals surface area contributed by atoms with Crippen LogP contribution in [0.5, 0.6) is 0 Å². The Bertz CT molecular complexity index is 296. The van der Waals surface area contributed by atoms with Crippen LogP contribution in [0.2, 0.25) is 0 Å². The van der Waals surface area contributed by atoms with E-state index in [1.54, 1.807) is 51.4 Å². The molecule has 0 aromatic carbocycles. The predicted octanol–water partition coefficient (Wildman–Crippen LogP) is 6.37. The molecular formula is C20H34. The van der Waals surface area contributed by atoms with E-state index in [0.717, 1.165) is 29.6 Å². The van der Waals surface area contributed by atoms with Gasteiger partial charge in [-0.1, -0.05) is 50.7 Å². The molecule has 3 rings (SSSR count). The van der Waals surface area contributed by atoms with Gasteiger partial charge in [0, 0.05) is 0 Å². The quantitative estimate of drug-likeness (QED) is 0.511. The lowest BCUT2D eigenvalue weighted by Gasteiger charge is -2.37. The highest BCUT2D eigenvalue weighted by atomic mass is 14.4. The van der Waals surface area contributed by atoms with Crippen LogP contribution in [0.25, 0.3) is 0 Å². The van der Waals surface area contributed by atoms with Crippen LogP contribution in [0, 0.1) is 29.6 Å². The molecule has 0 N–H and O–H groups in total. The van der Waals surface area contributed by atoms with E-state index in [1.807, 2.05) is 0 Å². The molecule has 0 radical (unpaired) electrons. The fourth-order valence-corrected chi connectivity index (χ4v) is 4.91. The van der Waals surface area contributed by atoms with Gasteiger partial charge in [-0.3, -0.25) is 0 Å². The maximum atomic E-state index is 2.45. The maximum absolute atomic E-state index is 2.45. The highest BCUT2D eigenvalue weighted by Crippen LogP contribution is 2.43. The second-order valence-corrected chi connectivity index (χ2v) is 8.00. The summed E-state index contributed by atoms with van der Waals surface area (Å²) in [5.74, 6) is 5.34. The van der Waals surface area contributed by atoms with Crippen molar-refractivity contribution in [1.82, 2.24) is 0 Å². The van der Waals surface area contributed by atoms with Crippen LogP contribution in [0.3, 0.4) is 0 Å². The third-order valence-corrected chi connectivity index (χ3v) is 6.52. The van der Waals surface area contributed by atoms with Gasteiger partial charge in [0.25, 0.3) is 0 Å². The molecule has 20 heavy (non-hydrogen) atoms. The van der Waals surface area contributed by atoms with E-state index < -0.39 is 0 Å². The molecule has 0 nitrogen and oxygen atoms in total. The number of hydrogen-bond acceptors (Lipinski definition) is 0. The highest BCUT2D eigenvalue weighted by Gasteiger charge is 2.31. The van der Waals surface area contributed by atoms with Gasteiger partial charge >= 0.3 is 0 Å². The minimum Gasteiger partial charge on any atom is -0.0914 e. The SMILES string of the molecule is C/C=C/C1CCC(C2CCC(CCC3CC3)CC2)CC1. The third-order valence-electron chi connectivity index (χ3n) is 6.52. The molecule has 114 valence electrons. The molecule has 0 heteroatoms. The summed E-state index contributed by atoms with van der Waals surface area (Å²) in [5.41, 5.74) is 0. The van der Waals surface area contributed by atoms with Crippen molar-refractivity contribution in [2.75, 3.05) is 0 Å². The maximum Gasteiger partial charge on any atom is -0.0233 e. The zero-order valence-electron chi connectivity index (χ0n) is 13.5. The molecule has 0 saturated heterocycles. The minimum absolute atomic E-state index is 0.908. The predicted molar refractivity (Wildman–Crippen MR) is 87.7 cm³/mol. The lowest BCUT2D eigenvalue weighted by Crippen LogP contribution is -2.25. The van der Waals surface area contributed by atoms with E-state index in [2.05, 4.69) is 19.1 Å². The smallest absolute Gasteiger partial charge is 0.0233 e. The van der Waals surface area contributed by atoms with Gasteiger partial charge in [-0.05, 0) is 75.0 Å². The Morgan fingerprint density at radius 1 is 0.650 bits per heavy atom. The van der Waals surface area contributed by atoms with Gasteiger partial charge in [-0.25, -0.2) is 0 Å². The Morgan fingerprint density at radius 3 is 1.55 bits per heavy atom. The van der Waals surface area contributed by atoms with Gasteiger partial charge in [0.2, 0.25) is 0 Å². The first-order valence-corrected chi connectivity index (χ1v) is 9.48. The van der Waals surface area contributed by atoms with Crippen molar-refractivity contribution < 1.29 is 0 Å². The standard InChI is InChI=1S/C20H34/c1-2-3-16-8-12-19(13-9-16)20-14-10-18(11-15-20)7-6-17-4-5-17/h2-3,16-20H,4-15H2,1H3/b3-2+. The molecule has 0 heterocycles. The summed E-state index contributed by atoms with van der Waals surface area (Å²) in [6.07, 6.45) is 23.2. The Kier molecular flexibility index (Phi) is 5.24. The Morgan fingerprint density at radius 2 is 1.10 bits per heavy atom. The average Bonchev–Trinajstić information content (AvgIpc) is 3.31. The normalized spacial score (nSPS) is 39.2. The molecule has 3 aliphatic carbocycles. The molecule has 0 amide bonds. The van der Waals surface area contributed by atoms with Crippen LogP contribution in [0.4, 0.5) is 0 Å². The summed E-state index contributed by atoms with van der Waals surface area (Å²) < 4.78 is 0. The Hall–Kier alpha value is -0.260. The van der Waals surface area contributed by atoms with Crippen molar-refractivity contribution in [1.29, 1.82) is 0 Å². The van der Waals surface area contributed by atoms with Gasteiger partial charge in [-0.15, -0.1) is 0 Å². The number of hydrogen-bond donors (Lipinski definition) is 0. The van der Waals surface area contributed by atoms with Crippen molar-refractivity contribution in [2.24, 2.45) is 29.6 Å². The van der Waals surface area contributed by atoms with Gasteiger partial charge in [0.1, 0.15) is 0 Å². The topological polar surface area (TPSA) is 0 Å². The molecule has 0 aromatic heterocycles. The van der Waals surface area contributed by atoms with Crippen LogP contribution < -0.4 is 0 Å². The van der Waals surface area contributed by atoms with Crippen LogP contribution >= 0.6 is 0 Å². The van der Waals surface area contributed by atoms with Crippen molar-refractivity contribution in [3.8, 4) is 0 Å². The Labute approximate surface area is 126 Å². The highest BCUT2D eigenvalue weighted by molar-refractivity contribution is 4.90. The van der Waals surface area contributed by atoms with Crippen molar-refractivity contribution in [3.05, 3.63) is 12.2 Å². The van der Waals surface area contributed by atoms with E-state index in [-0.39, 0.29) is 0 Å². The second-order valence-electron chi connectivity index (χ2n) is 8.00. The minimum atomic E-state index is 0.908. The van der Waals surface area contributed by atoms with E-state index in [1.165, 1.54) is 25.7 Å². The molecule has 0 bridgehead atoms. The lowest BCUT2D eigenvalue weighted by atomic mass is 9.68. The van der Waals surface area contributed by atoms with Crippen molar-refractivity contribution in [2.45, 2.75) is 84.0 Å². The summed E-state index contributed by atoms with van der Waals surface area (Å²) in [6, 6.07) is 0. The van der Waals surface area contributed by atoms with E-state index >= 15 is 0 Å². The molecule has 3 saturated carbocycles. The van der Waals surface area contributed by atoms with Crippen LogP contribution in [-0.4, -0.2) is 0 Å². The van der Waals surface area contributed by atoms with E-state index in [0.29, 0.717) is 0 Å². The first-order chi connectivity index (χ1) is 9.85. The summed E-state index contributed by atoms with van der Waals surface area (Å²) in [6.45, 7) is 2.18. The van der Waals surface area contributed by atoms with Crippen molar-refractivity contribution in [3.63, 3.8) is 0 Å². The van der Waals surface area contributed by atoms with Crippen LogP contribution in [0.1, 0.15) is 84.0 Å². The molecule has 3 aliphatic rings. The van der Waals surface area contributed by atoms with Gasteiger partial charge < -0.3 is 0 Å². The van der Waals surface area contributed by atoms with Crippen LogP contribution in [-0.2, 0) is 0 Å². The van der Waals surface area contributed by atoms with E-state index in [9.17, 15) is 0 Å². The molecular weight excluding hydrogens is 240 g/mol. The zero-order valence-corrected chi connectivity index (χ0v) is 13.5. The first-order valence-electron chi connectivity index (χ1n) is 9.48. The molecule has 0 unspecified atom stereocenters. The number of rotatable bonds is 5. The Balaban J connectivity index is 1.35. The molecule has 0 aliphatic heterocycles. The molecule has 3 fully saturated rings. The lowest BCUT2D eigenvalue weighted by molar-refractivity contribution is 0.151. The van der Waals surface area contributed by atoms with Crippen molar-refractivity contribution >= 4 is 0 Å². The average molecular weight is 274 g/mol. The van der Waals surface area contributed by atoms with Gasteiger partial charge in [-0.2, -0.15) is 0 Å². The summed E-state index contributed by atoms with van der Waals surface area (Å²) in [4.78, 5) is 0. The second kappa shape index (κ2) is 7.14. The van der Waals surface area contributed by atoms with Crippen LogP contribution in [0.15, 0.2) is 12.2 Å². The largest absolute Gasteiger partial charge is 0.0914 e. The molecule has 0 aromatic rings. The monoisotopic (exact) mass is 274 g/mol. The summed E-state index contributed by atoms with van der Waals surface area (Å²) in [5, 5.41) is 0. The van der Waals surface area contributed by atoms with Gasteiger partial charge in [0.15, 0.2) is 0 Å². The summed E-state index contributed by atoms with van der Waals surface area (Å²) >= 11 is 0. The van der Waals surface area contributed by atoms with Gasteiger partial charge in [0.05, 0.1) is 0 Å². The van der Waals surface area contributed by atoms with E-state index in [4.69, 9.17) is 0 Å². The fraction of sp³-hybridized carbons (Fsp3) is 0.900. The fourth-order valence-electron chi connectivity index (χ4n) is 4.91. The zero-order chi connectivity index (χ0) is 13.8. The third kappa shape index (κ3) is 4.12.